The minimum absolute atomic E-state index is 0.0569. The van der Waals surface area contributed by atoms with E-state index in [4.69, 9.17) is 16.3 Å². The Morgan fingerprint density at radius 1 is 1.12 bits per heavy atom. The Morgan fingerprint density at radius 2 is 1.85 bits per heavy atom. The van der Waals surface area contributed by atoms with E-state index < -0.39 is 0 Å². The Kier molecular flexibility index (Phi) is 6.04. The molecule has 2 aliphatic heterocycles. The average Bonchev–Trinajstić information content (AvgIpc) is 2.83. The summed E-state index contributed by atoms with van der Waals surface area (Å²) in [7, 11) is 0. The first kappa shape index (κ1) is 22.8. The molecule has 0 spiro atoms. The first-order valence-electron chi connectivity index (χ1n) is 11.7. The van der Waals surface area contributed by atoms with Crippen molar-refractivity contribution in [3.63, 3.8) is 0 Å². The molecule has 0 radical (unpaired) electrons. The maximum absolute atomic E-state index is 12.9. The summed E-state index contributed by atoms with van der Waals surface area (Å²) in [5, 5.41) is 10.2. The number of halogens is 1. The van der Waals surface area contributed by atoms with Gasteiger partial charge in [0.25, 0.3) is 5.91 Å². The lowest BCUT2D eigenvalue weighted by Crippen LogP contribution is -2.40. The van der Waals surface area contributed by atoms with Gasteiger partial charge in [-0.2, -0.15) is 0 Å². The molecule has 2 aromatic heterocycles. The van der Waals surface area contributed by atoms with Crippen LogP contribution < -0.4 is 4.74 Å². The zero-order valence-electron chi connectivity index (χ0n) is 19.4. The summed E-state index contributed by atoms with van der Waals surface area (Å²) in [4.78, 5) is 23.6. The summed E-state index contributed by atoms with van der Waals surface area (Å²) in [6, 6.07) is 9.48. The van der Waals surface area contributed by atoms with Gasteiger partial charge in [0.1, 0.15) is 5.60 Å². The lowest BCUT2D eigenvalue weighted by molar-refractivity contribution is 0.0546. The number of nitrogens with zero attached hydrogens (tertiary/aromatic N) is 3. The van der Waals surface area contributed by atoms with Gasteiger partial charge in [-0.3, -0.25) is 9.78 Å². The molecule has 1 N–H and O–H groups in total. The van der Waals surface area contributed by atoms with Crippen molar-refractivity contribution >= 4 is 17.5 Å². The second kappa shape index (κ2) is 9.01. The van der Waals surface area contributed by atoms with Crippen LogP contribution in [0.2, 0.25) is 5.02 Å². The second-order valence-electron chi connectivity index (χ2n) is 9.68. The Hall–Kier alpha value is -2.96. The molecule has 0 saturated carbocycles. The Labute approximate surface area is 204 Å². The van der Waals surface area contributed by atoms with Crippen molar-refractivity contribution in [1.82, 2.24) is 14.9 Å². The molecule has 34 heavy (non-hydrogen) atoms. The van der Waals surface area contributed by atoms with Crippen LogP contribution in [-0.4, -0.2) is 50.7 Å². The van der Waals surface area contributed by atoms with Crippen molar-refractivity contribution in [3.8, 4) is 28.1 Å². The predicted octanol–water partition coefficient (Wildman–Crippen LogP) is 5.16. The molecule has 4 heterocycles. The Balaban J connectivity index is 1.43. The molecule has 0 unspecified atom stereocenters. The van der Waals surface area contributed by atoms with E-state index in [1.165, 1.54) is 0 Å². The minimum Gasteiger partial charge on any atom is -0.471 e. The number of rotatable bonds is 3. The van der Waals surface area contributed by atoms with E-state index in [0.717, 1.165) is 40.7 Å². The van der Waals surface area contributed by atoms with Crippen LogP contribution in [0.25, 0.3) is 22.3 Å². The summed E-state index contributed by atoms with van der Waals surface area (Å²) < 4.78 is 6.10. The molecule has 1 aromatic carbocycles. The van der Waals surface area contributed by atoms with Gasteiger partial charge in [-0.1, -0.05) is 17.7 Å². The van der Waals surface area contributed by atoms with Gasteiger partial charge in [-0.15, -0.1) is 0 Å². The third-order valence-corrected chi connectivity index (χ3v) is 7.01. The summed E-state index contributed by atoms with van der Waals surface area (Å²) in [6.07, 6.45) is 8.10. The fourth-order valence-electron chi connectivity index (χ4n) is 4.68. The van der Waals surface area contributed by atoms with E-state index in [1.807, 2.05) is 24.4 Å². The molecule has 1 saturated heterocycles. The summed E-state index contributed by atoms with van der Waals surface area (Å²) in [5.41, 5.74) is 5.16. The summed E-state index contributed by atoms with van der Waals surface area (Å²) in [5.74, 6) is 0.629. The molecular formula is C27H28ClN3O3. The number of likely N-dealkylation sites (tertiary alicyclic amines) is 1. The van der Waals surface area contributed by atoms with Crippen molar-refractivity contribution in [2.45, 2.75) is 51.2 Å². The van der Waals surface area contributed by atoms with Crippen LogP contribution in [0.15, 0.2) is 48.9 Å². The van der Waals surface area contributed by atoms with E-state index >= 15 is 0 Å². The molecule has 6 nitrogen and oxygen atoms in total. The van der Waals surface area contributed by atoms with Gasteiger partial charge in [0.05, 0.1) is 6.10 Å². The highest BCUT2D eigenvalue weighted by Gasteiger charge is 2.29. The number of carbonyl (C=O) groups excluding carboxylic acids is 1. The third kappa shape index (κ3) is 4.52. The maximum Gasteiger partial charge on any atom is 0.253 e. The maximum atomic E-state index is 12.9. The lowest BCUT2D eigenvalue weighted by atomic mass is 9.91. The number of carbonyl (C=O) groups is 1. The Morgan fingerprint density at radius 3 is 2.59 bits per heavy atom. The number of piperidine rings is 1. The topological polar surface area (TPSA) is 75.6 Å². The van der Waals surface area contributed by atoms with E-state index in [1.54, 1.807) is 23.4 Å². The van der Waals surface area contributed by atoms with Gasteiger partial charge in [-0.05, 0) is 69.4 Å². The number of hydrogen-bond acceptors (Lipinski definition) is 5. The van der Waals surface area contributed by atoms with E-state index in [9.17, 15) is 9.90 Å². The number of aliphatic hydroxyl groups is 1. The van der Waals surface area contributed by atoms with Crippen molar-refractivity contribution < 1.29 is 14.6 Å². The number of ether oxygens (including phenoxy) is 1. The number of fused-ring (bicyclic) bond motifs is 1. The number of aliphatic hydroxyl groups excluding tert-OH is 1. The van der Waals surface area contributed by atoms with E-state index in [2.05, 4.69) is 29.9 Å². The third-order valence-electron chi connectivity index (χ3n) is 6.69. The molecule has 7 heteroatoms. The summed E-state index contributed by atoms with van der Waals surface area (Å²) in [6.45, 7) is 5.28. The van der Waals surface area contributed by atoms with Gasteiger partial charge in [0, 0.05) is 64.5 Å². The van der Waals surface area contributed by atoms with Gasteiger partial charge >= 0.3 is 0 Å². The summed E-state index contributed by atoms with van der Waals surface area (Å²) >= 11 is 6.65. The van der Waals surface area contributed by atoms with Crippen molar-refractivity contribution in [1.29, 1.82) is 0 Å². The molecule has 0 aliphatic carbocycles. The quantitative estimate of drug-likeness (QED) is 0.563. The normalized spacial score (nSPS) is 17.7. The van der Waals surface area contributed by atoms with Crippen LogP contribution in [-0.2, 0) is 6.42 Å². The molecule has 0 atom stereocenters. The van der Waals surface area contributed by atoms with Crippen molar-refractivity contribution in [2.24, 2.45) is 0 Å². The molecule has 0 bridgehead atoms. The van der Waals surface area contributed by atoms with Crippen LogP contribution in [0.4, 0.5) is 0 Å². The minimum atomic E-state index is -0.321. The van der Waals surface area contributed by atoms with Crippen molar-refractivity contribution in [3.05, 3.63) is 65.1 Å². The zero-order chi connectivity index (χ0) is 23.9. The largest absolute Gasteiger partial charge is 0.471 e. The fraction of sp³-hybridized carbons (Fsp3) is 0.370. The molecule has 2 aliphatic rings. The predicted molar refractivity (Wildman–Crippen MR) is 132 cm³/mol. The van der Waals surface area contributed by atoms with E-state index in [-0.39, 0.29) is 17.6 Å². The van der Waals surface area contributed by atoms with Gasteiger partial charge < -0.3 is 14.7 Å². The van der Waals surface area contributed by atoms with Crippen LogP contribution in [0, 0.1) is 0 Å². The van der Waals surface area contributed by atoms with Crippen molar-refractivity contribution in [2.75, 3.05) is 13.1 Å². The molecular weight excluding hydrogens is 450 g/mol. The highest BCUT2D eigenvalue weighted by molar-refractivity contribution is 6.33. The fourth-order valence-corrected chi connectivity index (χ4v) is 4.97. The number of aromatic nitrogens is 2. The molecule has 5 rings (SSSR count). The monoisotopic (exact) mass is 477 g/mol. The molecule has 1 amide bonds. The van der Waals surface area contributed by atoms with Gasteiger partial charge in [0.15, 0.2) is 0 Å². The van der Waals surface area contributed by atoms with Gasteiger partial charge in [-0.25, -0.2) is 4.98 Å². The number of amides is 1. The zero-order valence-corrected chi connectivity index (χ0v) is 20.2. The van der Waals surface area contributed by atoms with Crippen LogP contribution >= 0.6 is 11.6 Å². The molecule has 3 aromatic rings. The Bertz CT molecular complexity index is 1240. The lowest BCUT2D eigenvalue weighted by Gasteiger charge is -2.32. The number of benzene rings is 1. The smallest absolute Gasteiger partial charge is 0.253 e. The SMILES string of the molecule is CC1(C)CCc2c(-c3cncc(-c4ccc(C(=O)N5CCC(O)CC5)cc4Cl)c3)ccnc2O1. The molecule has 176 valence electrons. The number of hydrogen-bond donors (Lipinski definition) is 1. The number of pyridine rings is 2. The second-order valence-corrected chi connectivity index (χ2v) is 10.1. The van der Waals surface area contributed by atoms with Gasteiger partial charge in [0.2, 0.25) is 5.88 Å². The highest BCUT2D eigenvalue weighted by atomic mass is 35.5. The molecule has 1 fully saturated rings. The first-order valence-corrected chi connectivity index (χ1v) is 12.1. The average molecular weight is 478 g/mol. The van der Waals surface area contributed by atoms with Crippen LogP contribution in [0.1, 0.15) is 49.0 Å². The van der Waals surface area contributed by atoms with E-state index in [0.29, 0.717) is 42.4 Å². The highest BCUT2D eigenvalue weighted by Crippen LogP contribution is 2.38. The standard InChI is InChI=1S/C27H28ClN3O3/c1-27(2)9-5-23-21(6-10-30-25(23)34-27)18-13-19(16-29-15-18)22-4-3-17(14-24(22)28)26(33)31-11-7-20(32)8-12-31/h3-4,6,10,13-16,20,32H,5,7-9,11-12H2,1-2H3. The first-order chi connectivity index (χ1) is 16.3. The van der Waals surface area contributed by atoms with Crippen LogP contribution in [0.5, 0.6) is 5.88 Å². The van der Waals surface area contributed by atoms with Crippen LogP contribution in [0.3, 0.4) is 0 Å².